The van der Waals surface area contributed by atoms with Gasteiger partial charge in [0.25, 0.3) is 6.43 Å². The standard InChI is InChI=1S/C7H5BrF3N/c1-3-4(7(10)11)2-12-6(8)5(3)9/h2,7H,1H3. The van der Waals surface area contributed by atoms with Crippen molar-refractivity contribution in [1.82, 2.24) is 4.98 Å². The molecule has 0 bridgehead atoms. The lowest BCUT2D eigenvalue weighted by molar-refractivity contribution is 0.149. The van der Waals surface area contributed by atoms with Crippen LogP contribution in [0.3, 0.4) is 0 Å². The van der Waals surface area contributed by atoms with E-state index < -0.39 is 12.2 Å². The van der Waals surface area contributed by atoms with E-state index in [0.29, 0.717) is 0 Å². The molecule has 0 aliphatic rings. The average molecular weight is 240 g/mol. The van der Waals surface area contributed by atoms with Crippen LogP contribution in [-0.4, -0.2) is 4.98 Å². The first-order chi connectivity index (χ1) is 5.54. The lowest BCUT2D eigenvalue weighted by atomic mass is 10.1. The highest BCUT2D eigenvalue weighted by Crippen LogP contribution is 2.26. The molecular weight excluding hydrogens is 235 g/mol. The van der Waals surface area contributed by atoms with E-state index in [2.05, 4.69) is 20.9 Å². The quantitative estimate of drug-likeness (QED) is 0.686. The Bertz CT molecular complexity index is 301. The first-order valence-corrected chi connectivity index (χ1v) is 3.92. The number of rotatable bonds is 1. The van der Waals surface area contributed by atoms with E-state index in [-0.39, 0.29) is 15.7 Å². The van der Waals surface area contributed by atoms with Gasteiger partial charge in [-0.25, -0.2) is 18.2 Å². The predicted molar refractivity (Wildman–Crippen MR) is 41.6 cm³/mol. The van der Waals surface area contributed by atoms with Crippen molar-refractivity contribution in [3.63, 3.8) is 0 Å². The van der Waals surface area contributed by atoms with Crippen LogP contribution in [0.2, 0.25) is 0 Å². The Labute approximate surface area is 75.7 Å². The molecule has 0 fully saturated rings. The molecule has 1 nitrogen and oxygen atoms in total. The van der Waals surface area contributed by atoms with E-state index in [1.807, 2.05) is 0 Å². The summed E-state index contributed by atoms with van der Waals surface area (Å²) in [5.74, 6) is -0.729. The van der Waals surface area contributed by atoms with Crippen molar-refractivity contribution in [2.45, 2.75) is 13.3 Å². The van der Waals surface area contributed by atoms with Crippen molar-refractivity contribution in [2.24, 2.45) is 0 Å². The number of alkyl halides is 2. The number of pyridine rings is 1. The smallest absolute Gasteiger partial charge is 0.246 e. The Hall–Kier alpha value is -0.580. The Morgan fingerprint density at radius 3 is 2.58 bits per heavy atom. The van der Waals surface area contributed by atoms with Gasteiger partial charge in [0.05, 0.1) is 0 Å². The SMILES string of the molecule is Cc1c(C(F)F)cnc(Br)c1F. The number of halogens is 4. The summed E-state index contributed by atoms with van der Waals surface area (Å²) in [6.45, 7) is 1.29. The molecule has 1 aromatic rings. The van der Waals surface area contributed by atoms with Crippen LogP contribution in [0, 0.1) is 12.7 Å². The maximum Gasteiger partial charge on any atom is 0.265 e. The van der Waals surface area contributed by atoms with Crippen LogP contribution in [0.25, 0.3) is 0 Å². The number of hydrogen-bond acceptors (Lipinski definition) is 1. The van der Waals surface area contributed by atoms with Crippen molar-refractivity contribution in [1.29, 1.82) is 0 Å². The van der Waals surface area contributed by atoms with Crippen molar-refractivity contribution in [2.75, 3.05) is 0 Å². The average Bonchev–Trinajstić information content (AvgIpc) is 2.00. The molecule has 0 unspecified atom stereocenters. The van der Waals surface area contributed by atoms with Crippen LogP contribution in [0.1, 0.15) is 17.6 Å². The van der Waals surface area contributed by atoms with Crippen LogP contribution in [-0.2, 0) is 0 Å². The van der Waals surface area contributed by atoms with E-state index in [9.17, 15) is 13.2 Å². The van der Waals surface area contributed by atoms with Gasteiger partial charge in [0.2, 0.25) is 0 Å². The fourth-order valence-corrected chi connectivity index (χ4v) is 1.18. The highest BCUT2D eigenvalue weighted by Gasteiger charge is 2.15. The monoisotopic (exact) mass is 239 g/mol. The van der Waals surface area contributed by atoms with Gasteiger partial charge in [-0.2, -0.15) is 0 Å². The second-order valence-corrected chi connectivity index (χ2v) is 3.00. The molecule has 0 N–H and O–H groups in total. The minimum atomic E-state index is -2.68. The van der Waals surface area contributed by atoms with Gasteiger partial charge in [-0.3, -0.25) is 0 Å². The van der Waals surface area contributed by atoms with E-state index >= 15 is 0 Å². The summed E-state index contributed by atoms with van der Waals surface area (Å²) in [6, 6.07) is 0. The van der Waals surface area contributed by atoms with Crippen molar-refractivity contribution >= 4 is 15.9 Å². The lowest BCUT2D eigenvalue weighted by Gasteiger charge is -2.05. The first kappa shape index (κ1) is 9.51. The van der Waals surface area contributed by atoms with Crippen molar-refractivity contribution < 1.29 is 13.2 Å². The van der Waals surface area contributed by atoms with Crippen molar-refractivity contribution in [3.05, 3.63) is 27.7 Å². The maximum absolute atomic E-state index is 12.9. The number of nitrogens with zero attached hydrogens (tertiary/aromatic N) is 1. The van der Waals surface area contributed by atoms with Crippen molar-refractivity contribution in [3.8, 4) is 0 Å². The summed E-state index contributed by atoms with van der Waals surface area (Å²) >= 11 is 2.80. The highest BCUT2D eigenvalue weighted by molar-refractivity contribution is 9.10. The summed E-state index contributed by atoms with van der Waals surface area (Å²) in [5.41, 5.74) is -0.428. The van der Waals surface area contributed by atoms with Gasteiger partial charge in [0.15, 0.2) is 5.82 Å². The minimum absolute atomic E-state index is 0.0376. The molecule has 0 aromatic carbocycles. The Balaban J connectivity index is 3.27. The van der Waals surface area contributed by atoms with Crippen LogP contribution in [0.5, 0.6) is 0 Å². The molecule has 1 aromatic heterocycles. The third kappa shape index (κ3) is 1.60. The van der Waals surface area contributed by atoms with Gasteiger partial charge < -0.3 is 0 Å². The molecule has 0 aliphatic heterocycles. The summed E-state index contributed by atoms with van der Waals surface area (Å²) in [5, 5.41) is 0. The van der Waals surface area contributed by atoms with E-state index in [4.69, 9.17) is 0 Å². The van der Waals surface area contributed by atoms with Gasteiger partial charge in [-0.1, -0.05) is 0 Å². The molecule has 5 heteroatoms. The van der Waals surface area contributed by atoms with E-state index in [1.54, 1.807) is 0 Å². The molecular formula is C7H5BrF3N. The predicted octanol–water partition coefficient (Wildman–Crippen LogP) is 3.23. The fraction of sp³-hybridized carbons (Fsp3) is 0.286. The zero-order valence-corrected chi connectivity index (χ0v) is 7.70. The van der Waals surface area contributed by atoms with E-state index in [0.717, 1.165) is 6.20 Å². The number of hydrogen-bond donors (Lipinski definition) is 0. The summed E-state index contributed by atoms with van der Waals surface area (Å²) in [4.78, 5) is 3.42. The van der Waals surface area contributed by atoms with Crippen LogP contribution in [0.15, 0.2) is 10.8 Å². The lowest BCUT2D eigenvalue weighted by Crippen LogP contribution is -1.96. The fourth-order valence-electron chi connectivity index (χ4n) is 0.781. The molecule has 0 saturated heterocycles. The van der Waals surface area contributed by atoms with Crippen LogP contribution in [0.4, 0.5) is 13.2 Å². The molecule has 1 heterocycles. The highest BCUT2D eigenvalue weighted by atomic mass is 79.9. The second-order valence-electron chi connectivity index (χ2n) is 2.24. The molecule has 0 radical (unpaired) electrons. The zero-order valence-electron chi connectivity index (χ0n) is 6.11. The summed E-state index contributed by atoms with van der Waals surface area (Å²) < 4.78 is 37.1. The maximum atomic E-state index is 12.9. The molecule has 0 saturated carbocycles. The van der Waals surface area contributed by atoms with E-state index in [1.165, 1.54) is 6.92 Å². The first-order valence-electron chi connectivity index (χ1n) is 3.12. The molecule has 0 amide bonds. The van der Waals surface area contributed by atoms with Gasteiger partial charge in [-0.05, 0) is 28.4 Å². The Kier molecular flexibility index (Phi) is 2.72. The Morgan fingerprint density at radius 1 is 1.50 bits per heavy atom. The molecule has 0 spiro atoms. The van der Waals surface area contributed by atoms with Crippen LogP contribution >= 0.6 is 15.9 Å². The normalized spacial score (nSPS) is 10.8. The van der Waals surface area contributed by atoms with Crippen LogP contribution < -0.4 is 0 Å². The second kappa shape index (κ2) is 3.43. The molecule has 0 aliphatic carbocycles. The molecule has 66 valence electrons. The Morgan fingerprint density at radius 2 is 2.08 bits per heavy atom. The van der Waals surface area contributed by atoms with Gasteiger partial charge in [-0.15, -0.1) is 0 Å². The van der Waals surface area contributed by atoms with Gasteiger partial charge in [0, 0.05) is 11.8 Å². The van der Waals surface area contributed by atoms with Gasteiger partial charge in [0.1, 0.15) is 4.60 Å². The molecule has 0 atom stereocenters. The summed E-state index contributed by atoms with van der Waals surface area (Å²) in [6.07, 6.45) is -1.72. The minimum Gasteiger partial charge on any atom is -0.246 e. The number of aromatic nitrogens is 1. The third-order valence-electron chi connectivity index (χ3n) is 1.50. The van der Waals surface area contributed by atoms with Gasteiger partial charge >= 0.3 is 0 Å². The topological polar surface area (TPSA) is 12.9 Å². The third-order valence-corrected chi connectivity index (χ3v) is 2.05. The molecule has 12 heavy (non-hydrogen) atoms. The zero-order chi connectivity index (χ0) is 9.30. The largest absolute Gasteiger partial charge is 0.265 e. The summed E-state index contributed by atoms with van der Waals surface area (Å²) in [7, 11) is 0. The molecule has 1 rings (SSSR count).